The van der Waals surface area contributed by atoms with Gasteiger partial charge in [0, 0.05) is 19.0 Å². The third-order valence-corrected chi connectivity index (χ3v) is 6.23. The largest absolute Gasteiger partial charge is 0.370 e. The fourth-order valence-corrected chi connectivity index (χ4v) is 4.58. The molecular formula is C17H24N2O3S. The molecule has 1 aliphatic heterocycles. The zero-order chi connectivity index (χ0) is 17.0. The van der Waals surface area contributed by atoms with E-state index in [9.17, 15) is 8.42 Å². The van der Waals surface area contributed by atoms with E-state index < -0.39 is 10.0 Å². The van der Waals surface area contributed by atoms with Gasteiger partial charge in [0.1, 0.15) is 0 Å². The number of sulfonamides is 1. The van der Waals surface area contributed by atoms with Crippen LogP contribution in [0.15, 0.2) is 18.2 Å². The minimum absolute atomic E-state index is 0.0183. The summed E-state index contributed by atoms with van der Waals surface area (Å²) in [7, 11) is -3.37. The van der Waals surface area contributed by atoms with Gasteiger partial charge in [-0.1, -0.05) is 23.8 Å². The molecule has 23 heavy (non-hydrogen) atoms. The summed E-state index contributed by atoms with van der Waals surface area (Å²) in [6.07, 6.45) is 0.395. The number of hydrogen-bond acceptors (Lipinski definition) is 4. The molecule has 6 heteroatoms. The minimum atomic E-state index is -3.37. The van der Waals surface area contributed by atoms with E-state index in [-0.39, 0.29) is 24.3 Å². The molecule has 0 saturated carbocycles. The van der Waals surface area contributed by atoms with E-state index in [0.29, 0.717) is 19.6 Å². The predicted octanol–water partition coefficient (Wildman–Crippen LogP) is 2.70. The normalized spacial score (nSPS) is 22.7. The lowest BCUT2D eigenvalue weighted by atomic mass is 9.99. The monoisotopic (exact) mass is 336 g/mol. The SMILES string of the molecule is Cc1ccc(C)c([C@H]2CN(S(=O)(=O)CCCC#N)[C@@H](C)CO2)c1. The second-order valence-corrected chi connectivity index (χ2v) is 8.22. The first-order chi connectivity index (χ1) is 10.8. The maximum absolute atomic E-state index is 12.6. The van der Waals surface area contributed by atoms with Crippen LogP contribution < -0.4 is 0 Å². The van der Waals surface area contributed by atoms with Crippen molar-refractivity contribution in [3.63, 3.8) is 0 Å². The van der Waals surface area contributed by atoms with E-state index in [4.69, 9.17) is 10.00 Å². The van der Waals surface area contributed by atoms with Crippen LogP contribution in [0.1, 0.15) is 42.6 Å². The van der Waals surface area contributed by atoms with E-state index in [2.05, 4.69) is 6.07 Å². The molecule has 0 radical (unpaired) electrons. The Kier molecular flexibility index (Phi) is 5.79. The molecule has 1 heterocycles. The highest BCUT2D eigenvalue weighted by Gasteiger charge is 2.35. The molecule has 1 aromatic rings. The van der Waals surface area contributed by atoms with Crippen LogP contribution in [0.3, 0.4) is 0 Å². The first-order valence-corrected chi connectivity index (χ1v) is 9.51. The summed E-state index contributed by atoms with van der Waals surface area (Å²) < 4.78 is 32.6. The molecule has 2 atom stereocenters. The quantitative estimate of drug-likeness (QED) is 0.775. The highest BCUT2D eigenvalue weighted by molar-refractivity contribution is 7.89. The van der Waals surface area contributed by atoms with E-state index in [1.807, 2.05) is 39.0 Å². The molecule has 1 aromatic carbocycles. The number of rotatable bonds is 5. The van der Waals surface area contributed by atoms with Crippen LogP contribution >= 0.6 is 0 Å². The Morgan fingerprint density at radius 1 is 1.39 bits per heavy atom. The first-order valence-electron chi connectivity index (χ1n) is 7.90. The van der Waals surface area contributed by atoms with Gasteiger partial charge in [0.15, 0.2) is 0 Å². The van der Waals surface area contributed by atoms with Gasteiger partial charge in [-0.3, -0.25) is 0 Å². The van der Waals surface area contributed by atoms with Gasteiger partial charge in [0.2, 0.25) is 10.0 Å². The van der Waals surface area contributed by atoms with Crippen LogP contribution in [0.25, 0.3) is 0 Å². The Morgan fingerprint density at radius 3 is 2.83 bits per heavy atom. The Labute approximate surface area is 138 Å². The van der Waals surface area contributed by atoms with Gasteiger partial charge in [0.25, 0.3) is 0 Å². The summed E-state index contributed by atoms with van der Waals surface area (Å²) in [5.41, 5.74) is 3.29. The number of nitrogens with zero attached hydrogens (tertiary/aromatic N) is 2. The van der Waals surface area contributed by atoms with Crippen LogP contribution in [0, 0.1) is 25.2 Å². The molecule has 0 unspecified atom stereocenters. The molecule has 1 aliphatic rings. The second kappa shape index (κ2) is 7.43. The number of unbranched alkanes of at least 4 members (excludes halogenated alkanes) is 1. The number of hydrogen-bond donors (Lipinski definition) is 0. The fourth-order valence-electron chi connectivity index (χ4n) is 2.87. The smallest absolute Gasteiger partial charge is 0.214 e. The Hall–Kier alpha value is -1.42. The van der Waals surface area contributed by atoms with Crippen molar-refractivity contribution in [3.8, 4) is 6.07 Å². The van der Waals surface area contributed by atoms with Crippen molar-refractivity contribution in [3.05, 3.63) is 34.9 Å². The van der Waals surface area contributed by atoms with Gasteiger partial charge >= 0.3 is 0 Å². The molecule has 126 valence electrons. The average molecular weight is 336 g/mol. The third-order valence-electron chi connectivity index (χ3n) is 4.21. The van der Waals surface area contributed by atoms with Gasteiger partial charge < -0.3 is 4.74 Å². The number of nitriles is 1. The van der Waals surface area contributed by atoms with Crippen LogP contribution in [0.5, 0.6) is 0 Å². The predicted molar refractivity (Wildman–Crippen MR) is 89.4 cm³/mol. The van der Waals surface area contributed by atoms with Crippen molar-refractivity contribution in [1.29, 1.82) is 5.26 Å². The summed E-state index contributed by atoms with van der Waals surface area (Å²) in [6, 6.07) is 7.97. The third kappa shape index (κ3) is 4.31. The van der Waals surface area contributed by atoms with Gasteiger partial charge in [-0.25, -0.2) is 8.42 Å². The molecule has 0 N–H and O–H groups in total. The summed E-state index contributed by atoms with van der Waals surface area (Å²) in [5.74, 6) is 0.0183. The standard InChI is InChI=1S/C17H24N2O3S/c1-13-6-7-14(2)16(10-13)17-11-19(15(3)12-22-17)23(20,21)9-5-4-8-18/h6-7,10,15,17H,4-5,9,11-12H2,1-3H3/t15-,17+/m0/s1. The van der Waals surface area contributed by atoms with Crippen molar-refractivity contribution in [1.82, 2.24) is 4.31 Å². The van der Waals surface area contributed by atoms with Crippen molar-refractivity contribution in [2.24, 2.45) is 0 Å². The highest BCUT2D eigenvalue weighted by atomic mass is 32.2. The lowest BCUT2D eigenvalue weighted by molar-refractivity contribution is -0.0291. The Bertz CT molecular complexity index is 694. The van der Waals surface area contributed by atoms with Gasteiger partial charge in [-0.15, -0.1) is 0 Å². The molecule has 5 nitrogen and oxygen atoms in total. The minimum Gasteiger partial charge on any atom is -0.370 e. The zero-order valence-corrected chi connectivity index (χ0v) is 14.8. The maximum atomic E-state index is 12.6. The topological polar surface area (TPSA) is 70.4 Å². The Morgan fingerprint density at radius 2 is 2.13 bits per heavy atom. The molecule has 0 aliphatic carbocycles. The van der Waals surface area contributed by atoms with Crippen LogP contribution in [0.2, 0.25) is 0 Å². The van der Waals surface area contributed by atoms with Crippen molar-refractivity contribution in [2.45, 2.75) is 45.8 Å². The second-order valence-electron chi connectivity index (χ2n) is 6.18. The fraction of sp³-hybridized carbons (Fsp3) is 0.588. The number of aryl methyl sites for hydroxylation is 2. The van der Waals surface area contributed by atoms with E-state index >= 15 is 0 Å². The highest BCUT2D eigenvalue weighted by Crippen LogP contribution is 2.29. The summed E-state index contributed by atoms with van der Waals surface area (Å²) >= 11 is 0. The molecule has 1 fully saturated rings. The molecule has 0 aromatic heterocycles. The zero-order valence-electron chi connectivity index (χ0n) is 13.9. The number of ether oxygens (including phenoxy) is 1. The van der Waals surface area contributed by atoms with Crippen molar-refractivity contribution in [2.75, 3.05) is 18.9 Å². The van der Waals surface area contributed by atoms with Crippen LogP contribution in [-0.4, -0.2) is 37.7 Å². The molecule has 0 amide bonds. The van der Waals surface area contributed by atoms with E-state index in [1.165, 1.54) is 0 Å². The van der Waals surface area contributed by atoms with Gasteiger partial charge in [-0.05, 0) is 38.3 Å². The summed E-state index contributed by atoms with van der Waals surface area (Å²) in [5, 5.41) is 8.59. The number of morpholine rings is 1. The first kappa shape index (κ1) is 17.9. The van der Waals surface area contributed by atoms with Crippen molar-refractivity contribution < 1.29 is 13.2 Å². The van der Waals surface area contributed by atoms with E-state index in [1.54, 1.807) is 4.31 Å². The van der Waals surface area contributed by atoms with Gasteiger partial charge in [-0.2, -0.15) is 9.57 Å². The summed E-state index contributed by atoms with van der Waals surface area (Å²) in [6.45, 7) is 6.61. The van der Waals surface area contributed by atoms with Crippen LogP contribution in [-0.2, 0) is 14.8 Å². The maximum Gasteiger partial charge on any atom is 0.214 e. The van der Waals surface area contributed by atoms with Crippen molar-refractivity contribution >= 4 is 10.0 Å². The molecule has 0 bridgehead atoms. The molecular weight excluding hydrogens is 312 g/mol. The summed E-state index contributed by atoms with van der Waals surface area (Å²) in [4.78, 5) is 0. The lowest BCUT2D eigenvalue weighted by Crippen LogP contribution is -2.49. The number of benzene rings is 1. The molecule has 2 rings (SSSR count). The van der Waals surface area contributed by atoms with Gasteiger partial charge in [0.05, 0.1) is 24.5 Å². The molecule has 0 spiro atoms. The van der Waals surface area contributed by atoms with E-state index in [0.717, 1.165) is 16.7 Å². The lowest BCUT2D eigenvalue weighted by Gasteiger charge is -2.37. The van der Waals surface area contributed by atoms with Crippen LogP contribution in [0.4, 0.5) is 0 Å². The average Bonchev–Trinajstić information content (AvgIpc) is 2.50. The Balaban J connectivity index is 2.19. The molecule has 1 saturated heterocycles.